The highest BCUT2D eigenvalue weighted by molar-refractivity contribution is 7.89. The maximum Gasteiger partial charge on any atom is 0.255 e. The van der Waals surface area contributed by atoms with E-state index in [9.17, 15) is 17.6 Å². The van der Waals surface area contributed by atoms with Crippen LogP contribution in [0.5, 0.6) is 5.75 Å². The van der Waals surface area contributed by atoms with Crippen LogP contribution < -0.4 is 14.8 Å². The van der Waals surface area contributed by atoms with Crippen molar-refractivity contribution in [1.29, 1.82) is 0 Å². The number of hydrogen-bond acceptors (Lipinski definition) is 4. The minimum absolute atomic E-state index is 0.0110. The summed E-state index contributed by atoms with van der Waals surface area (Å²) in [6.45, 7) is 2.09. The summed E-state index contributed by atoms with van der Waals surface area (Å²) in [4.78, 5) is 12.2. The Labute approximate surface area is 146 Å². The number of benzene rings is 2. The Balaban J connectivity index is 2.35. The number of nitrogens with one attached hydrogen (secondary N) is 2. The van der Waals surface area contributed by atoms with Crippen LogP contribution >= 0.6 is 0 Å². The van der Waals surface area contributed by atoms with E-state index in [2.05, 4.69) is 10.0 Å². The number of hydrogen-bond donors (Lipinski definition) is 2. The van der Waals surface area contributed by atoms with Crippen molar-refractivity contribution in [2.45, 2.75) is 18.2 Å². The first-order valence-electron chi connectivity index (χ1n) is 7.62. The van der Waals surface area contributed by atoms with Gasteiger partial charge >= 0.3 is 0 Å². The van der Waals surface area contributed by atoms with Crippen molar-refractivity contribution >= 4 is 21.6 Å². The van der Waals surface area contributed by atoms with Gasteiger partial charge in [0.1, 0.15) is 16.5 Å². The summed E-state index contributed by atoms with van der Waals surface area (Å²) in [7, 11) is -2.49. The van der Waals surface area contributed by atoms with E-state index in [0.717, 1.165) is 0 Å². The molecule has 2 rings (SSSR count). The van der Waals surface area contributed by atoms with Crippen molar-refractivity contribution in [3.8, 4) is 5.75 Å². The molecule has 0 aliphatic carbocycles. The molecular formula is C17H19FN2O4S. The molecule has 2 aromatic carbocycles. The first kappa shape index (κ1) is 18.9. The molecule has 0 aliphatic rings. The number of methoxy groups -OCH3 is 1. The van der Waals surface area contributed by atoms with Crippen LogP contribution in [-0.2, 0) is 10.0 Å². The van der Waals surface area contributed by atoms with Crippen LogP contribution in [0.25, 0.3) is 0 Å². The zero-order chi connectivity index (χ0) is 18.4. The van der Waals surface area contributed by atoms with Gasteiger partial charge in [0.2, 0.25) is 10.0 Å². The van der Waals surface area contributed by atoms with Gasteiger partial charge in [0.15, 0.2) is 0 Å². The van der Waals surface area contributed by atoms with E-state index in [1.165, 1.54) is 43.5 Å². The van der Waals surface area contributed by atoms with Gasteiger partial charge in [0, 0.05) is 12.1 Å². The molecule has 0 atom stereocenters. The Hall–Kier alpha value is -2.45. The molecule has 0 spiro atoms. The maximum absolute atomic E-state index is 13.7. The van der Waals surface area contributed by atoms with Gasteiger partial charge in [-0.3, -0.25) is 4.79 Å². The Morgan fingerprint density at radius 2 is 1.92 bits per heavy atom. The number of amides is 1. The lowest BCUT2D eigenvalue weighted by atomic mass is 10.2. The van der Waals surface area contributed by atoms with E-state index in [1.54, 1.807) is 6.07 Å². The predicted octanol–water partition coefficient (Wildman–Crippen LogP) is 2.77. The fraction of sp³-hybridized carbons (Fsp3) is 0.235. The Kier molecular flexibility index (Phi) is 6.11. The standard InChI is InChI=1S/C17H19FN2O4S/c1-3-10-19-25(22,23)16-11-12(8-9-15(16)24-2)17(21)20-14-7-5-4-6-13(14)18/h4-9,11,19H,3,10H2,1-2H3,(H,20,21). The average molecular weight is 366 g/mol. The van der Waals surface area contributed by atoms with E-state index in [-0.39, 0.29) is 28.4 Å². The Morgan fingerprint density at radius 3 is 2.56 bits per heavy atom. The second-order valence-electron chi connectivity index (χ2n) is 5.20. The monoisotopic (exact) mass is 366 g/mol. The van der Waals surface area contributed by atoms with E-state index >= 15 is 0 Å². The number of carbonyl (C=O) groups is 1. The fourth-order valence-electron chi connectivity index (χ4n) is 2.10. The molecule has 0 heterocycles. The molecular weight excluding hydrogens is 347 g/mol. The largest absolute Gasteiger partial charge is 0.495 e. The molecule has 0 aliphatic heterocycles. The zero-order valence-electron chi connectivity index (χ0n) is 13.9. The SMILES string of the molecule is CCCNS(=O)(=O)c1cc(C(=O)Nc2ccccc2F)ccc1OC. The summed E-state index contributed by atoms with van der Waals surface area (Å²) in [5, 5.41) is 2.42. The van der Waals surface area contributed by atoms with E-state index in [1.807, 2.05) is 6.92 Å². The van der Waals surface area contributed by atoms with E-state index in [4.69, 9.17) is 4.74 Å². The molecule has 8 heteroatoms. The van der Waals surface area contributed by atoms with Crippen LogP contribution in [0.3, 0.4) is 0 Å². The lowest BCUT2D eigenvalue weighted by molar-refractivity contribution is 0.102. The van der Waals surface area contributed by atoms with Crippen LogP contribution in [0, 0.1) is 5.82 Å². The lowest BCUT2D eigenvalue weighted by Gasteiger charge is -2.12. The summed E-state index contributed by atoms with van der Waals surface area (Å²) < 4.78 is 45.9. The summed E-state index contributed by atoms with van der Waals surface area (Å²) in [6, 6.07) is 9.71. The van der Waals surface area contributed by atoms with Crippen molar-refractivity contribution < 1.29 is 22.3 Å². The summed E-state index contributed by atoms with van der Waals surface area (Å²) in [6.07, 6.45) is 0.620. The van der Waals surface area contributed by atoms with Crippen molar-refractivity contribution in [1.82, 2.24) is 4.72 Å². The van der Waals surface area contributed by atoms with Crippen molar-refractivity contribution in [2.75, 3.05) is 19.0 Å². The molecule has 134 valence electrons. The number of anilines is 1. The van der Waals surface area contributed by atoms with Gasteiger partial charge in [0.05, 0.1) is 12.8 Å². The molecule has 6 nitrogen and oxygen atoms in total. The smallest absolute Gasteiger partial charge is 0.255 e. The number of sulfonamides is 1. The number of ether oxygens (including phenoxy) is 1. The maximum atomic E-state index is 13.7. The zero-order valence-corrected chi connectivity index (χ0v) is 14.7. The topological polar surface area (TPSA) is 84.5 Å². The van der Waals surface area contributed by atoms with Gasteiger partial charge in [-0.15, -0.1) is 0 Å². The molecule has 25 heavy (non-hydrogen) atoms. The van der Waals surface area contributed by atoms with Gasteiger partial charge in [-0.2, -0.15) is 0 Å². The third-order valence-corrected chi connectivity index (χ3v) is 4.86. The molecule has 0 unspecified atom stereocenters. The molecule has 0 fully saturated rings. The Bertz CT molecular complexity index is 869. The molecule has 0 aromatic heterocycles. The molecule has 2 aromatic rings. The molecule has 2 N–H and O–H groups in total. The average Bonchev–Trinajstić information content (AvgIpc) is 2.61. The normalized spacial score (nSPS) is 11.2. The van der Waals surface area contributed by atoms with Crippen LogP contribution in [0.2, 0.25) is 0 Å². The highest BCUT2D eigenvalue weighted by atomic mass is 32.2. The second kappa shape index (κ2) is 8.09. The molecule has 0 saturated carbocycles. The number of halogens is 1. The summed E-state index contributed by atoms with van der Waals surface area (Å²) in [5.74, 6) is -1.09. The van der Waals surface area contributed by atoms with Gasteiger partial charge in [-0.1, -0.05) is 19.1 Å². The van der Waals surface area contributed by atoms with Crippen molar-refractivity contribution in [3.63, 3.8) is 0 Å². The fourth-order valence-corrected chi connectivity index (χ4v) is 3.43. The first-order valence-corrected chi connectivity index (χ1v) is 9.11. The number of carbonyl (C=O) groups excluding carboxylic acids is 1. The second-order valence-corrected chi connectivity index (χ2v) is 6.93. The summed E-state index contributed by atoms with van der Waals surface area (Å²) >= 11 is 0. The lowest BCUT2D eigenvalue weighted by Crippen LogP contribution is -2.25. The number of para-hydroxylation sites is 1. The third kappa shape index (κ3) is 4.55. The first-order chi connectivity index (χ1) is 11.9. The highest BCUT2D eigenvalue weighted by Gasteiger charge is 2.21. The van der Waals surface area contributed by atoms with Gasteiger partial charge in [-0.25, -0.2) is 17.5 Å². The summed E-state index contributed by atoms with van der Waals surface area (Å²) in [5.41, 5.74) is 0.0813. The third-order valence-electron chi connectivity index (χ3n) is 3.38. The molecule has 0 radical (unpaired) electrons. The minimum Gasteiger partial charge on any atom is -0.495 e. The van der Waals surface area contributed by atoms with Crippen molar-refractivity contribution in [3.05, 3.63) is 53.8 Å². The highest BCUT2D eigenvalue weighted by Crippen LogP contribution is 2.25. The van der Waals surface area contributed by atoms with Gasteiger partial charge in [-0.05, 0) is 36.8 Å². The molecule has 1 amide bonds. The quantitative estimate of drug-likeness (QED) is 0.789. The van der Waals surface area contributed by atoms with E-state index < -0.39 is 21.7 Å². The van der Waals surface area contributed by atoms with Crippen LogP contribution in [0.1, 0.15) is 23.7 Å². The van der Waals surface area contributed by atoms with Crippen molar-refractivity contribution in [2.24, 2.45) is 0 Å². The Morgan fingerprint density at radius 1 is 1.20 bits per heavy atom. The van der Waals surface area contributed by atoms with Gasteiger partial charge < -0.3 is 10.1 Å². The molecule has 0 saturated heterocycles. The number of rotatable bonds is 7. The van der Waals surface area contributed by atoms with Crippen LogP contribution in [-0.4, -0.2) is 28.0 Å². The van der Waals surface area contributed by atoms with Gasteiger partial charge in [0.25, 0.3) is 5.91 Å². The van der Waals surface area contributed by atoms with Crippen LogP contribution in [0.4, 0.5) is 10.1 Å². The predicted molar refractivity (Wildman–Crippen MR) is 92.8 cm³/mol. The molecule has 0 bridgehead atoms. The minimum atomic E-state index is -3.83. The van der Waals surface area contributed by atoms with Crippen LogP contribution in [0.15, 0.2) is 47.4 Å². The van der Waals surface area contributed by atoms with E-state index in [0.29, 0.717) is 6.42 Å².